The molecular weight excluding hydrogens is 1360 g/mol. The third kappa shape index (κ3) is 17.7. The number of para-hydroxylation sites is 12. The molecule has 3 saturated heterocycles. The highest BCUT2D eigenvalue weighted by Crippen LogP contribution is 2.51. The summed E-state index contributed by atoms with van der Waals surface area (Å²) in [5.41, 5.74) is 20.6. The van der Waals surface area contributed by atoms with Crippen molar-refractivity contribution in [2.75, 3.05) is 74.0 Å². The van der Waals surface area contributed by atoms with Gasteiger partial charge in [-0.15, -0.1) is 13.2 Å². The summed E-state index contributed by atoms with van der Waals surface area (Å²) in [6.07, 6.45) is -7.59. The number of nitrogens with zero attached hydrogens (tertiary/aromatic N) is 7. The molecule has 9 atom stereocenters. The van der Waals surface area contributed by atoms with Crippen molar-refractivity contribution in [2.24, 2.45) is 10.8 Å². The Hall–Kier alpha value is -8.71. The van der Waals surface area contributed by atoms with E-state index in [1.807, 2.05) is 150 Å². The van der Waals surface area contributed by atoms with Gasteiger partial charge < -0.3 is 73.8 Å². The van der Waals surface area contributed by atoms with Crippen LogP contribution in [0.25, 0.3) is 10.4 Å². The van der Waals surface area contributed by atoms with Crippen LogP contribution in [0.5, 0.6) is 40.2 Å². The van der Waals surface area contributed by atoms with Gasteiger partial charge in [-0.2, -0.15) is 0 Å². The van der Waals surface area contributed by atoms with E-state index in [0.717, 1.165) is 64.1 Å². The zero-order valence-electron chi connectivity index (χ0n) is 54.9. The van der Waals surface area contributed by atoms with Crippen LogP contribution in [0.3, 0.4) is 0 Å². The van der Waals surface area contributed by atoms with Gasteiger partial charge in [-0.05, 0) is 141 Å². The average molecular weight is 1440 g/mol. The fourth-order valence-electron chi connectivity index (χ4n) is 12.0. The number of hydrogen-bond donors (Lipinski definition) is 5. The number of ether oxygens (including phenoxy) is 7. The van der Waals surface area contributed by atoms with E-state index in [4.69, 9.17) is 50.4 Å². The van der Waals surface area contributed by atoms with Crippen molar-refractivity contribution in [1.82, 2.24) is 9.62 Å². The molecule has 23 nitrogen and oxygen atoms in total. The van der Waals surface area contributed by atoms with Crippen molar-refractivity contribution < 1.29 is 78.5 Å². The monoisotopic (exact) mass is 1440 g/mol. The number of anilines is 6. The number of hydrogen-bond acceptors (Lipinski definition) is 20. The van der Waals surface area contributed by atoms with Gasteiger partial charge in [-0.25, -0.2) is 21.6 Å². The summed E-state index contributed by atoms with van der Waals surface area (Å²) in [4.78, 5) is 11.0. The molecule has 6 aliphatic rings. The second kappa shape index (κ2) is 33.2. The largest absolute Gasteiger partial charge is 0.573 e. The number of azide groups is 1. The fraction of sp³-hybridized carbons (Fsp3) is 0.324. The van der Waals surface area contributed by atoms with E-state index in [1.165, 1.54) is 31.8 Å². The summed E-state index contributed by atoms with van der Waals surface area (Å²) in [6.45, 7) is 13.4. The van der Waals surface area contributed by atoms with E-state index in [1.54, 1.807) is 24.3 Å². The number of rotatable bonds is 12. The van der Waals surface area contributed by atoms with Crippen LogP contribution in [0.2, 0.25) is 0 Å². The Balaban J connectivity index is 0.000000148. The molecule has 0 amide bonds. The highest BCUT2D eigenvalue weighted by molar-refractivity contribution is 8.13. The van der Waals surface area contributed by atoms with E-state index >= 15 is 0 Å². The SMILES string of the molecule is CCN(CC)CC.Cc1ccc(S(=O)(=O)Cl)cc1.N[C@H]1COC[C@@H](N2c3ccccc3Oc3ccccc32)[C@@H]1O.O=S(=O)(N[C@H]1COC[C@@H](N2c3ccccc3Oc3ccccc32)[C@@H]1O)c1ccc(OC(F)(F)F)cc1.[N-]=[N+]=N[C@H]1COC[C@@H](N2c3ccccc3Oc3ccccc32)[C@@H]1O. The molecule has 3 fully saturated rings. The standard InChI is InChI=1S/C24H21F3N2O6S.C17H16N4O3.C17H18N2O3.C7H7ClO2S.C6H15N/c25-24(26,27)35-15-9-11-16(12-10-15)36(31,32)28-17-13-33-14-20(23(17)30)29-18-5-1-3-7-21(18)34-22-8-4-2-6-19(22)29;18-20-19-11-9-23-10-14(17(11)22)21-12-5-1-3-7-15(12)24-16-8-4-2-6-13(16)21;18-11-9-21-10-14(17(11)20)19-12-5-1-3-7-15(12)22-16-8-4-2-6-13(16)19;1-6-2-4-7(5-3-6)11(8,9)10;1-4-7(5-2)6-3/h1-12,17,20,23,28,30H,13-14H2;1-8,11,14,17,22H,9-10H2;1-8,11,14,17,20H,9-10,18H2;2-5H,1H3;4-6H2,1-3H3/t17-,20+,23+;2*11-,14+,17+;;/m000../s1. The Labute approximate surface area is 582 Å². The van der Waals surface area contributed by atoms with Crippen LogP contribution < -0.4 is 44.1 Å². The molecule has 0 radical (unpaired) electrons. The molecule has 0 bridgehead atoms. The van der Waals surface area contributed by atoms with Crippen molar-refractivity contribution in [3.05, 3.63) is 210 Å². The fourth-order valence-corrected chi connectivity index (χ4v) is 14.0. The molecule has 14 rings (SSSR count). The number of aryl methyl sites for hydroxylation is 1. The van der Waals surface area contributed by atoms with Gasteiger partial charge in [-0.3, -0.25) is 0 Å². The van der Waals surface area contributed by atoms with Crippen molar-refractivity contribution in [2.45, 2.75) is 98.4 Å². The molecule has 100 heavy (non-hydrogen) atoms. The third-order valence-corrected chi connectivity index (χ3v) is 20.0. The van der Waals surface area contributed by atoms with Gasteiger partial charge in [-0.1, -0.05) is 116 Å². The van der Waals surface area contributed by atoms with Gasteiger partial charge in [0.1, 0.15) is 5.75 Å². The minimum atomic E-state index is -4.89. The molecule has 6 heterocycles. The highest BCUT2D eigenvalue weighted by Gasteiger charge is 2.44. The minimum absolute atomic E-state index is 0.0974. The van der Waals surface area contributed by atoms with E-state index in [0.29, 0.717) is 54.2 Å². The Morgan fingerprint density at radius 2 is 0.890 bits per heavy atom. The highest BCUT2D eigenvalue weighted by atomic mass is 35.7. The second-order valence-corrected chi connectivity index (χ2v) is 27.8. The first kappa shape index (κ1) is 74.0. The first-order valence-electron chi connectivity index (χ1n) is 32.2. The first-order valence-corrected chi connectivity index (χ1v) is 36.0. The lowest BCUT2D eigenvalue weighted by atomic mass is 9.98. The summed E-state index contributed by atoms with van der Waals surface area (Å²) < 4.78 is 125. The number of benzene rings is 8. The summed E-state index contributed by atoms with van der Waals surface area (Å²) in [5, 5.41) is 36.2. The summed E-state index contributed by atoms with van der Waals surface area (Å²) >= 11 is 0. The Bertz CT molecular complexity index is 4200. The molecule has 6 aliphatic heterocycles. The van der Waals surface area contributed by atoms with Crippen LogP contribution in [-0.4, -0.2) is 157 Å². The van der Waals surface area contributed by atoms with Gasteiger partial charge in [0.25, 0.3) is 9.05 Å². The molecule has 0 spiro atoms. The number of halogens is 4. The predicted molar refractivity (Wildman–Crippen MR) is 373 cm³/mol. The lowest BCUT2D eigenvalue weighted by Crippen LogP contribution is -2.60. The van der Waals surface area contributed by atoms with Gasteiger partial charge in [0.05, 0.1) is 138 Å². The van der Waals surface area contributed by atoms with E-state index in [-0.39, 0.29) is 47.7 Å². The van der Waals surface area contributed by atoms with Crippen LogP contribution in [-0.2, 0) is 33.3 Å². The molecule has 0 saturated carbocycles. The van der Waals surface area contributed by atoms with Crippen LogP contribution in [0, 0.1) is 6.92 Å². The van der Waals surface area contributed by atoms with E-state index in [9.17, 15) is 45.3 Å². The topological polar surface area (TPSA) is 293 Å². The number of sulfonamides is 1. The molecule has 0 unspecified atom stereocenters. The molecule has 8 aromatic rings. The predicted octanol–water partition coefficient (Wildman–Crippen LogP) is 12.6. The zero-order chi connectivity index (χ0) is 71.3. The lowest BCUT2D eigenvalue weighted by molar-refractivity contribution is -0.274. The number of nitrogens with two attached hydrogens (primary N) is 1. The van der Waals surface area contributed by atoms with Crippen LogP contribution >= 0.6 is 10.7 Å². The van der Waals surface area contributed by atoms with Crippen molar-refractivity contribution >= 4 is 63.9 Å². The smallest absolute Gasteiger partial charge is 0.453 e. The zero-order valence-corrected chi connectivity index (χ0v) is 57.3. The first-order chi connectivity index (χ1) is 48.0. The van der Waals surface area contributed by atoms with Crippen molar-refractivity contribution in [3.8, 4) is 40.2 Å². The molecule has 8 aromatic carbocycles. The van der Waals surface area contributed by atoms with Gasteiger partial charge in [0, 0.05) is 15.6 Å². The van der Waals surface area contributed by atoms with Crippen molar-refractivity contribution in [3.63, 3.8) is 0 Å². The summed E-state index contributed by atoms with van der Waals surface area (Å²) in [7, 11) is -2.66. The minimum Gasteiger partial charge on any atom is -0.453 e. The second-order valence-electron chi connectivity index (χ2n) is 23.6. The molecule has 6 N–H and O–H groups in total. The van der Waals surface area contributed by atoms with Gasteiger partial charge in [0.2, 0.25) is 10.0 Å². The molecular formula is C71H77ClF3N9O14S2. The average Bonchev–Trinajstić information content (AvgIpc) is 0.769. The number of aliphatic hydroxyl groups excluding tert-OH is 3. The third-order valence-electron chi connectivity index (χ3n) is 17.1. The van der Waals surface area contributed by atoms with Crippen molar-refractivity contribution in [1.29, 1.82) is 0 Å². The molecule has 530 valence electrons. The number of fused-ring (bicyclic) bond motifs is 6. The number of nitrogens with one attached hydrogen (secondary N) is 1. The maximum absolute atomic E-state index is 12.9. The number of alkyl halides is 3. The maximum atomic E-state index is 12.9. The van der Waals surface area contributed by atoms with Crippen LogP contribution in [0.15, 0.2) is 209 Å². The Kier molecular flexibility index (Phi) is 24.6. The van der Waals surface area contributed by atoms with Crippen LogP contribution in [0.4, 0.5) is 47.3 Å². The lowest BCUT2D eigenvalue weighted by Gasteiger charge is -2.44. The maximum Gasteiger partial charge on any atom is 0.573 e. The van der Waals surface area contributed by atoms with Crippen LogP contribution in [0.1, 0.15) is 26.3 Å². The number of aliphatic hydroxyl groups is 3. The summed E-state index contributed by atoms with van der Waals surface area (Å²) in [6, 6.07) is 52.3. The van der Waals surface area contributed by atoms with E-state index in [2.05, 4.69) is 50.1 Å². The summed E-state index contributed by atoms with van der Waals surface area (Å²) in [5.74, 6) is 3.58. The van der Waals surface area contributed by atoms with Gasteiger partial charge in [0.15, 0.2) is 34.5 Å². The van der Waals surface area contributed by atoms with Gasteiger partial charge >= 0.3 is 6.36 Å². The van der Waals surface area contributed by atoms with E-state index < -0.39 is 67.6 Å². The molecule has 0 aromatic heterocycles. The quantitative estimate of drug-likeness (QED) is 0.0329. The normalized spacial score (nSPS) is 21.7. The molecule has 0 aliphatic carbocycles. The Morgan fingerprint density at radius 1 is 0.540 bits per heavy atom. The Morgan fingerprint density at radius 3 is 1.25 bits per heavy atom. The molecule has 29 heteroatoms.